The van der Waals surface area contributed by atoms with Crippen LogP contribution in [0.4, 0.5) is 0 Å². The van der Waals surface area contributed by atoms with Crippen molar-refractivity contribution in [1.82, 2.24) is 20.9 Å². The molecule has 2 amide bonds. The Morgan fingerprint density at radius 3 is 1.52 bits per heavy atom. The minimum atomic E-state index is -0.981. The Morgan fingerprint density at radius 1 is 0.778 bits per heavy atom. The predicted molar refractivity (Wildman–Crippen MR) is 104 cm³/mol. The molecule has 27 heavy (non-hydrogen) atoms. The first-order valence-electron chi connectivity index (χ1n) is 10.5. The van der Waals surface area contributed by atoms with Crippen LogP contribution in [0.15, 0.2) is 0 Å². The highest BCUT2D eigenvalue weighted by Crippen LogP contribution is 2.39. The zero-order chi connectivity index (χ0) is 19.4. The van der Waals surface area contributed by atoms with Gasteiger partial charge in [-0.05, 0) is 57.3 Å². The Kier molecular flexibility index (Phi) is 6.73. The average Bonchev–Trinajstić information content (AvgIpc) is 2.66. The number of hydrazine groups is 2. The van der Waals surface area contributed by atoms with Crippen LogP contribution in [0, 0.1) is 11.3 Å². The van der Waals surface area contributed by atoms with Gasteiger partial charge in [0.2, 0.25) is 11.8 Å². The molecule has 8 heteroatoms. The van der Waals surface area contributed by atoms with Gasteiger partial charge in [-0.25, -0.2) is 10.0 Å². The predicted octanol–water partition coefficient (Wildman–Crippen LogP) is 0.0915. The Morgan fingerprint density at radius 2 is 1.15 bits per heavy atom. The largest absolute Gasteiger partial charge is 0.328 e. The fourth-order valence-corrected chi connectivity index (χ4v) is 4.34. The molecule has 0 radical (unpaired) electrons. The van der Waals surface area contributed by atoms with Gasteiger partial charge in [0.05, 0.1) is 0 Å². The van der Waals surface area contributed by atoms with Crippen molar-refractivity contribution in [2.75, 3.05) is 26.2 Å². The molecule has 0 bridgehead atoms. The van der Waals surface area contributed by atoms with E-state index < -0.39 is 5.41 Å². The van der Waals surface area contributed by atoms with E-state index in [-0.39, 0.29) is 23.9 Å². The smallest absolute Gasteiger partial charge is 0.250 e. The SMILES string of the molecule is CC1CCC(C(=O)NN2CCC(N)CC2)(C(=O)NN2CCC(N)CC2)CC1. The summed E-state index contributed by atoms with van der Waals surface area (Å²) < 4.78 is 0. The molecule has 0 aromatic carbocycles. The van der Waals surface area contributed by atoms with Crippen molar-refractivity contribution in [3.05, 3.63) is 0 Å². The third-order valence-corrected chi connectivity index (χ3v) is 6.60. The van der Waals surface area contributed by atoms with Gasteiger partial charge in [0.1, 0.15) is 5.41 Å². The number of amides is 2. The van der Waals surface area contributed by atoms with E-state index in [1.165, 1.54) is 0 Å². The van der Waals surface area contributed by atoms with Crippen molar-refractivity contribution in [2.24, 2.45) is 22.8 Å². The van der Waals surface area contributed by atoms with E-state index >= 15 is 0 Å². The van der Waals surface area contributed by atoms with Gasteiger partial charge in [0.15, 0.2) is 0 Å². The number of hydrogen-bond acceptors (Lipinski definition) is 6. The lowest BCUT2D eigenvalue weighted by atomic mass is 9.69. The second kappa shape index (κ2) is 8.86. The lowest BCUT2D eigenvalue weighted by Gasteiger charge is -2.41. The number of nitrogens with one attached hydrogen (secondary N) is 2. The molecule has 0 aromatic rings. The van der Waals surface area contributed by atoms with Crippen LogP contribution < -0.4 is 22.3 Å². The summed E-state index contributed by atoms with van der Waals surface area (Å²) in [4.78, 5) is 26.5. The van der Waals surface area contributed by atoms with Crippen LogP contribution >= 0.6 is 0 Å². The van der Waals surface area contributed by atoms with Crippen molar-refractivity contribution in [3.63, 3.8) is 0 Å². The van der Waals surface area contributed by atoms with Gasteiger partial charge in [-0.15, -0.1) is 0 Å². The number of carbonyl (C=O) groups excluding carboxylic acids is 2. The van der Waals surface area contributed by atoms with Gasteiger partial charge in [0, 0.05) is 38.3 Å². The Balaban J connectivity index is 1.65. The number of piperidine rings is 2. The Bertz CT molecular complexity index is 480. The maximum atomic E-state index is 13.2. The summed E-state index contributed by atoms with van der Waals surface area (Å²) in [5.41, 5.74) is 17.0. The van der Waals surface area contributed by atoms with E-state index in [1.54, 1.807) is 0 Å². The molecule has 2 aliphatic heterocycles. The highest BCUT2D eigenvalue weighted by atomic mass is 16.2. The van der Waals surface area contributed by atoms with E-state index in [1.807, 2.05) is 10.0 Å². The van der Waals surface area contributed by atoms with Gasteiger partial charge in [-0.1, -0.05) is 6.92 Å². The first-order chi connectivity index (χ1) is 12.9. The lowest BCUT2D eigenvalue weighted by molar-refractivity contribution is -0.153. The van der Waals surface area contributed by atoms with E-state index in [9.17, 15) is 9.59 Å². The topological polar surface area (TPSA) is 117 Å². The molecule has 3 fully saturated rings. The molecule has 2 saturated heterocycles. The van der Waals surface area contributed by atoms with Gasteiger partial charge in [-0.2, -0.15) is 0 Å². The second-order valence-electron chi connectivity index (χ2n) is 8.80. The van der Waals surface area contributed by atoms with Gasteiger partial charge < -0.3 is 11.5 Å². The van der Waals surface area contributed by atoms with Crippen molar-refractivity contribution in [1.29, 1.82) is 0 Å². The molecule has 154 valence electrons. The standard InChI is InChI=1S/C19H36N6O2/c1-14-2-8-19(9-3-14,17(26)22-24-10-4-15(20)5-11-24)18(27)23-25-12-6-16(21)7-13-25/h14-16H,2-13,20-21H2,1H3,(H,22,26)(H,23,27). The first kappa shape index (κ1) is 20.5. The summed E-state index contributed by atoms with van der Waals surface area (Å²) in [6, 6.07) is 0.410. The number of nitrogens with zero attached hydrogens (tertiary/aromatic N) is 2. The Hall–Kier alpha value is -1.22. The number of rotatable bonds is 4. The third kappa shape index (κ3) is 4.99. The molecule has 0 atom stereocenters. The normalized spacial score (nSPS) is 26.6. The zero-order valence-electron chi connectivity index (χ0n) is 16.6. The summed E-state index contributed by atoms with van der Waals surface area (Å²) >= 11 is 0. The fourth-order valence-electron chi connectivity index (χ4n) is 4.34. The van der Waals surface area contributed by atoms with Crippen LogP contribution in [0.25, 0.3) is 0 Å². The molecule has 0 unspecified atom stereocenters. The minimum Gasteiger partial charge on any atom is -0.328 e. The third-order valence-electron chi connectivity index (χ3n) is 6.60. The highest BCUT2D eigenvalue weighted by Gasteiger charge is 2.48. The molecule has 8 nitrogen and oxygen atoms in total. The van der Waals surface area contributed by atoms with Crippen LogP contribution in [0.1, 0.15) is 58.3 Å². The summed E-state index contributed by atoms with van der Waals surface area (Å²) in [5, 5.41) is 3.86. The molecule has 2 heterocycles. The average molecular weight is 381 g/mol. The summed E-state index contributed by atoms with van der Waals surface area (Å²) in [6.45, 7) is 5.16. The van der Waals surface area contributed by atoms with E-state index in [2.05, 4.69) is 17.8 Å². The van der Waals surface area contributed by atoms with Crippen LogP contribution in [0.2, 0.25) is 0 Å². The van der Waals surface area contributed by atoms with E-state index in [0.717, 1.165) is 64.7 Å². The van der Waals surface area contributed by atoms with Crippen molar-refractivity contribution >= 4 is 11.8 Å². The minimum absolute atomic E-state index is 0.156. The monoisotopic (exact) mass is 380 g/mol. The van der Waals surface area contributed by atoms with Crippen LogP contribution in [-0.2, 0) is 9.59 Å². The second-order valence-corrected chi connectivity index (χ2v) is 8.80. The van der Waals surface area contributed by atoms with Crippen LogP contribution in [-0.4, -0.2) is 60.1 Å². The molecular formula is C19H36N6O2. The number of carbonyl (C=O) groups is 2. The van der Waals surface area contributed by atoms with E-state index in [0.29, 0.717) is 18.8 Å². The first-order valence-corrected chi connectivity index (χ1v) is 10.5. The summed E-state index contributed by atoms with van der Waals surface area (Å²) in [6.07, 6.45) is 6.47. The molecule has 6 N–H and O–H groups in total. The number of nitrogens with two attached hydrogens (primary N) is 2. The maximum absolute atomic E-state index is 13.2. The molecule has 0 spiro atoms. The molecule has 0 aromatic heterocycles. The van der Waals surface area contributed by atoms with Gasteiger partial charge >= 0.3 is 0 Å². The molecule has 3 rings (SSSR count). The highest BCUT2D eigenvalue weighted by molar-refractivity contribution is 6.04. The number of hydrogen-bond donors (Lipinski definition) is 4. The van der Waals surface area contributed by atoms with Crippen LogP contribution in [0.5, 0.6) is 0 Å². The van der Waals surface area contributed by atoms with Crippen LogP contribution in [0.3, 0.4) is 0 Å². The lowest BCUT2D eigenvalue weighted by Crippen LogP contribution is -2.61. The van der Waals surface area contributed by atoms with Crippen molar-refractivity contribution in [3.8, 4) is 0 Å². The maximum Gasteiger partial charge on any atom is 0.250 e. The molecule has 1 saturated carbocycles. The Labute approximate surface area is 162 Å². The quantitative estimate of drug-likeness (QED) is 0.514. The summed E-state index contributed by atoms with van der Waals surface area (Å²) in [5.74, 6) is 0.242. The van der Waals surface area contributed by atoms with Gasteiger partial charge in [0.25, 0.3) is 0 Å². The zero-order valence-corrected chi connectivity index (χ0v) is 16.6. The molecule has 1 aliphatic carbocycles. The molecular weight excluding hydrogens is 344 g/mol. The van der Waals surface area contributed by atoms with Crippen molar-refractivity contribution < 1.29 is 9.59 Å². The van der Waals surface area contributed by atoms with Crippen molar-refractivity contribution in [2.45, 2.75) is 70.4 Å². The van der Waals surface area contributed by atoms with E-state index in [4.69, 9.17) is 11.5 Å². The summed E-state index contributed by atoms with van der Waals surface area (Å²) in [7, 11) is 0. The van der Waals surface area contributed by atoms with Gasteiger partial charge in [-0.3, -0.25) is 20.4 Å². The fraction of sp³-hybridized carbons (Fsp3) is 0.895. The molecule has 3 aliphatic rings.